The van der Waals surface area contributed by atoms with Crippen molar-refractivity contribution in [2.75, 3.05) is 7.11 Å². The van der Waals surface area contributed by atoms with E-state index in [9.17, 15) is 0 Å². The zero-order valence-electron chi connectivity index (χ0n) is 3.77. The van der Waals surface area contributed by atoms with Crippen LogP contribution in [0.15, 0.2) is 17.5 Å². The van der Waals surface area contributed by atoms with Crippen molar-refractivity contribution in [2.24, 2.45) is 4.99 Å². The van der Waals surface area contributed by atoms with Crippen LogP contribution in [0.3, 0.4) is 0 Å². The summed E-state index contributed by atoms with van der Waals surface area (Å²) in [4.78, 5) is 3.34. The summed E-state index contributed by atoms with van der Waals surface area (Å²) in [6.45, 7) is 6.50. The fraction of sp³-hybridized carbons (Fsp3) is 0.250. The standard InChI is InChI=1S/C4H7NO/c1-4(5-2)6-3/h1-2H2,3H3. The van der Waals surface area contributed by atoms with Crippen molar-refractivity contribution in [2.45, 2.75) is 0 Å². The quantitative estimate of drug-likeness (QED) is 0.359. The topological polar surface area (TPSA) is 21.6 Å². The zero-order chi connectivity index (χ0) is 4.99. The first-order chi connectivity index (χ1) is 2.81. The van der Waals surface area contributed by atoms with E-state index in [4.69, 9.17) is 0 Å². The number of ether oxygens (including phenoxy) is 1. The van der Waals surface area contributed by atoms with E-state index in [1.807, 2.05) is 0 Å². The molecule has 0 aliphatic rings. The van der Waals surface area contributed by atoms with Crippen LogP contribution in [0.25, 0.3) is 0 Å². The number of rotatable bonds is 2. The van der Waals surface area contributed by atoms with E-state index in [1.165, 1.54) is 7.11 Å². The molecule has 0 fully saturated rings. The number of aliphatic imine (C=N–C) groups is 1. The second-order valence-electron chi connectivity index (χ2n) is 0.756. The third-order valence-corrected chi connectivity index (χ3v) is 0.412. The lowest BCUT2D eigenvalue weighted by Gasteiger charge is -1.89. The second kappa shape index (κ2) is 2.45. The fourth-order valence-electron chi connectivity index (χ4n) is 0.0645. The van der Waals surface area contributed by atoms with Crippen LogP contribution < -0.4 is 0 Å². The Hall–Kier alpha value is -0.790. The SMILES string of the molecule is C=NC(=C)OC. The summed E-state index contributed by atoms with van der Waals surface area (Å²) in [6.07, 6.45) is 0. The minimum atomic E-state index is 0.356. The zero-order valence-corrected chi connectivity index (χ0v) is 3.77. The van der Waals surface area contributed by atoms with E-state index in [0.29, 0.717) is 5.88 Å². The van der Waals surface area contributed by atoms with Crippen molar-refractivity contribution in [3.8, 4) is 0 Å². The highest BCUT2D eigenvalue weighted by Crippen LogP contribution is 1.85. The largest absolute Gasteiger partial charge is 0.481 e. The van der Waals surface area contributed by atoms with E-state index in [0.717, 1.165) is 0 Å². The molecule has 0 unspecified atom stereocenters. The van der Waals surface area contributed by atoms with Crippen LogP contribution in [0, 0.1) is 0 Å². The Morgan fingerprint density at radius 2 is 2.33 bits per heavy atom. The first-order valence-corrected chi connectivity index (χ1v) is 1.51. The van der Waals surface area contributed by atoms with Crippen LogP contribution >= 0.6 is 0 Å². The molecule has 2 heteroatoms. The van der Waals surface area contributed by atoms with Crippen molar-refractivity contribution in [1.29, 1.82) is 0 Å². The number of methoxy groups -OCH3 is 1. The maximum Gasteiger partial charge on any atom is 0.204 e. The minimum absolute atomic E-state index is 0.356. The van der Waals surface area contributed by atoms with Crippen LogP contribution in [0.1, 0.15) is 0 Å². The Kier molecular flexibility index (Phi) is 2.13. The molecule has 0 saturated carbocycles. The third-order valence-electron chi connectivity index (χ3n) is 0.412. The van der Waals surface area contributed by atoms with E-state index >= 15 is 0 Å². The van der Waals surface area contributed by atoms with E-state index in [1.54, 1.807) is 0 Å². The van der Waals surface area contributed by atoms with Gasteiger partial charge in [0.15, 0.2) is 0 Å². The van der Waals surface area contributed by atoms with E-state index in [-0.39, 0.29) is 0 Å². The molecule has 6 heavy (non-hydrogen) atoms. The Morgan fingerprint density at radius 1 is 1.83 bits per heavy atom. The molecular formula is C4H7NO. The molecule has 0 amide bonds. The van der Waals surface area contributed by atoms with Gasteiger partial charge in [-0.15, -0.1) is 0 Å². The van der Waals surface area contributed by atoms with Crippen LogP contribution in [-0.2, 0) is 4.74 Å². The Labute approximate surface area is 37.2 Å². The number of hydrogen-bond acceptors (Lipinski definition) is 2. The molecule has 0 radical (unpaired) electrons. The number of nitrogens with zero attached hydrogens (tertiary/aromatic N) is 1. The van der Waals surface area contributed by atoms with Crippen molar-refractivity contribution in [1.82, 2.24) is 0 Å². The van der Waals surface area contributed by atoms with Gasteiger partial charge in [0.05, 0.1) is 7.11 Å². The maximum atomic E-state index is 4.48. The predicted molar refractivity (Wildman–Crippen MR) is 25.7 cm³/mol. The van der Waals surface area contributed by atoms with Gasteiger partial charge in [0.25, 0.3) is 0 Å². The molecule has 0 saturated heterocycles. The van der Waals surface area contributed by atoms with Gasteiger partial charge in [-0.1, -0.05) is 0 Å². The van der Waals surface area contributed by atoms with Gasteiger partial charge < -0.3 is 4.74 Å². The normalized spacial score (nSPS) is 6.83. The van der Waals surface area contributed by atoms with Crippen molar-refractivity contribution in [3.05, 3.63) is 12.5 Å². The number of hydrogen-bond donors (Lipinski definition) is 0. The van der Waals surface area contributed by atoms with Gasteiger partial charge in [-0.05, 0) is 13.3 Å². The highest BCUT2D eigenvalue weighted by molar-refractivity contribution is 5.26. The molecule has 0 aliphatic carbocycles. The summed E-state index contributed by atoms with van der Waals surface area (Å²) >= 11 is 0. The minimum Gasteiger partial charge on any atom is -0.481 e. The predicted octanol–water partition coefficient (Wildman–Crippen LogP) is 0.805. The summed E-state index contributed by atoms with van der Waals surface area (Å²) in [5.74, 6) is 0.356. The molecule has 2 nitrogen and oxygen atoms in total. The molecule has 0 aromatic rings. The molecule has 0 aromatic heterocycles. The average molecular weight is 85.1 g/mol. The molecule has 0 N–H and O–H groups in total. The monoisotopic (exact) mass is 85.1 g/mol. The highest BCUT2D eigenvalue weighted by Gasteiger charge is 1.72. The lowest BCUT2D eigenvalue weighted by atomic mass is 10.9. The van der Waals surface area contributed by atoms with Crippen LogP contribution in [0.2, 0.25) is 0 Å². The average Bonchev–Trinajstić information content (AvgIpc) is 1.65. The molecule has 0 aliphatic heterocycles. The molecule has 0 atom stereocenters. The summed E-state index contributed by atoms with van der Waals surface area (Å²) in [5, 5.41) is 0. The molecule has 34 valence electrons. The molecule has 0 aromatic carbocycles. The smallest absolute Gasteiger partial charge is 0.204 e. The fourth-order valence-corrected chi connectivity index (χ4v) is 0.0645. The molecule has 0 bridgehead atoms. The van der Waals surface area contributed by atoms with Gasteiger partial charge in [0.1, 0.15) is 0 Å². The van der Waals surface area contributed by atoms with Crippen LogP contribution in [0.4, 0.5) is 0 Å². The molecule has 0 heterocycles. The van der Waals surface area contributed by atoms with Crippen LogP contribution in [0.5, 0.6) is 0 Å². The van der Waals surface area contributed by atoms with E-state index in [2.05, 4.69) is 23.0 Å². The Morgan fingerprint density at radius 3 is 2.33 bits per heavy atom. The van der Waals surface area contributed by atoms with E-state index < -0.39 is 0 Å². The van der Waals surface area contributed by atoms with Crippen molar-refractivity contribution < 1.29 is 4.74 Å². The second-order valence-corrected chi connectivity index (χ2v) is 0.756. The third kappa shape index (κ3) is 1.52. The Balaban J connectivity index is 3.23. The van der Waals surface area contributed by atoms with Crippen LogP contribution in [-0.4, -0.2) is 13.8 Å². The van der Waals surface area contributed by atoms with Crippen molar-refractivity contribution >= 4 is 6.72 Å². The summed E-state index contributed by atoms with van der Waals surface area (Å²) in [6, 6.07) is 0. The van der Waals surface area contributed by atoms with Gasteiger partial charge in [-0.3, -0.25) is 0 Å². The molecular weight excluding hydrogens is 78.0 g/mol. The van der Waals surface area contributed by atoms with Gasteiger partial charge in [0.2, 0.25) is 5.88 Å². The lowest BCUT2D eigenvalue weighted by Crippen LogP contribution is -1.73. The summed E-state index contributed by atoms with van der Waals surface area (Å²) < 4.78 is 4.48. The van der Waals surface area contributed by atoms with Gasteiger partial charge in [0, 0.05) is 0 Å². The lowest BCUT2D eigenvalue weighted by molar-refractivity contribution is 0.291. The maximum absolute atomic E-state index is 4.48. The van der Waals surface area contributed by atoms with Gasteiger partial charge in [-0.25, -0.2) is 4.99 Å². The summed E-state index contributed by atoms with van der Waals surface area (Å²) in [5.41, 5.74) is 0. The Bertz CT molecular complexity index is 67.9. The molecule has 0 rings (SSSR count). The summed E-state index contributed by atoms with van der Waals surface area (Å²) in [7, 11) is 1.50. The molecule has 0 spiro atoms. The first-order valence-electron chi connectivity index (χ1n) is 1.51. The van der Waals surface area contributed by atoms with Gasteiger partial charge >= 0.3 is 0 Å². The highest BCUT2D eigenvalue weighted by atomic mass is 16.5. The van der Waals surface area contributed by atoms with Crippen molar-refractivity contribution in [3.63, 3.8) is 0 Å². The first kappa shape index (κ1) is 5.21. The van der Waals surface area contributed by atoms with Gasteiger partial charge in [-0.2, -0.15) is 0 Å².